The molecule has 12 heteroatoms. The van der Waals surface area contributed by atoms with E-state index in [1.165, 1.54) is 26.4 Å². The summed E-state index contributed by atoms with van der Waals surface area (Å²) in [4.78, 5) is 53.6. The van der Waals surface area contributed by atoms with E-state index >= 15 is 0 Å². The van der Waals surface area contributed by atoms with Gasteiger partial charge in [0.2, 0.25) is 5.91 Å². The Kier molecular flexibility index (Phi) is 12.3. The van der Waals surface area contributed by atoms with Crippen LogP contribution in [0, 0.1) is 5.92 Å². The number of rotatable bonds is 12. The molecule has 4 aromatic carbocycles. The van der Waals surface area contributed by atoms with Gasteiger partial charge in [-0.1, -0.05) is 60.7 Å². The molecule has 2 unspecified atom stereocenters. The Bertz CT molecular complexity index is 1840. The first kappa shape index (κ1) is 37.6. The lowest BCUT2D eigenvalue weighted by Gasteiger charge is -2.37. The third-order valence-corrected chi connectivity index (χ3v) is 9.30. The number of ether oxygens (including phenoxy) is 2. The second kappa shape index (κ2) is 17.0. The fourth-order valence-electron chi connectivity index (χ4n) is 6.53. The molecule has 272 valence electrons. The number of hydrogen-bond donors (Lipinski definition) is 2. The van der Waals surface area contributed by atoms with Crippen molar-refractivity contribution in [3.8, 4) is 11.1 Å². The molecule has 0 aromatic heterocycles. The number of amides is 2. The van der Waals surface area contributed by atoms with Gasteiger partial charge in [0.05, 0.1) is 25.7 Å². The van der Waals surface area contributed by atoms with Gasteiger partial charge in [-0.3, -0.25) is 14.4 Å². The van der Waals surface area contributed by atoms with Crippen LogP contribution >= 0.6 is 0 Å². The average Bonchev–Trinajstić information content (AvgIpc) is 3.16. The van der Waals surface area contributed by atoms with Crippen molar-refractivity contribution in [3.05, 3.63) is 120 Å². The van der Waals surface area contributed by atoms with E-state index in [0.717, 1.165) is 23.4 Å². The van der Waals surface area contributed by atoms with Crippen LogP contribution in [-0.2, 0) is 30.0 Å². The molecule has 2 N–H and O–H groups in total. The first-order valence-corrected chi connectivity index (χ1v) is 16.9. The molecule has 1 saturated heterocycles. The number of nitrogens with zero attached hydrogens (tertiary/aromatic N) is 1. The van der Waals surface area contributed by atoms with Crippen molar-refractivity contribution in [1.29, 1.82) is 0 Å². The van der Waals surface area contributed by atoms with E-state index < -0.39 is 41.5 Å². The van der Waals surface area contributed by atoms with Gasteiger partial charge in [0.25, 0.3) is 5.91 Å². The minimum atomic E-state index is -4.45. The van der Waals surface area contributed by atoms with E-state index in [2.05, 4.69) is 15.5 Å². The maximum Gasteiger partial charge on any atom is 0.416 e. The van der Waals surface area contributed by atoms with Crippen LogP contribution in [0.2, 0.25) is 0 Å². The zero-order chi connectivity index (χ0) is 37.3. The molecule has 1 aliphatic heterocycles. The van der Waals surface area contributed by atoms with E-state index in [4.69, 9.17) is 9.47 Å². The van der Waals surface area contributed by atoms with Crippen LogP contribution in [0.4, 0.5) is 24.5 Å². The van der Waals surface area contributed by atoms with E-state index in [0.29, 0.717) is 48.3 Å². The lowest BCUT2D eigenvalue weighted by Crippen LogP contribution is -2.46. The zero-order valence-corrected chi connectivity index (χ0v) is 28.8. The Balaban J connectivity index is 1.23. The van der Waals surface area contributed by atoms with Gasteiger partial charge < -0.3 is 25.0 Å². The summed E-state index contributed by atoms with van der Waals surface area (Å²) in [5, 5.41) is 5.72. The number of alkyl halides is 3. The number of nitrogens with one attached hydrogen (secondary N) is 2. The molecule has 1 fully saturated rings. The maximum absolute atomic E-state index is 13.8. The Morgan fingerprint density at radius 1 is 0.808 bits per heavy atom. The van der Waals surface area contributed by atoms with Gasteiger partial charge in [0, 0.05) is 36.4 Å². The van der Waals surface area contributed by atoms with E-state index in [1.807, 2.05) is 42.5 Å². The number of anilines is 2. The fourth-order valence-corrected chi connectivity index (χ4v) is 6.53. The summed E-state index contributed by atoms with van der Waals surface area (Å²) in [6.45, 7) is 1.33. The highest BCUT2D eigenvalue weighted by Crippen LogP contribution is 2.36. The summed E-state index contributed by atoms with van der Waals surface area (Å²) in [6, 6.07) is 27.2. The number of benzene rings is 4. The monoisotopic (exact) mass is 715 g/mol. The molecule has 52 heavy (non-hydrogen) atoms. The van der Waals surface area contributed by atoms with Crippen molar-refractivity contribution >= 4 is 35.1 Å². The SMILES string of the molecule is COC(=O)CCC(NC(=O)C(c1ccccc1)C1CCN(c2ccc(NC(=O)c3ccccc3-c3ccc(C(F)(F)F)cc3)cc2)CC1)C(=O)OC. The molecule has 9 nitrogen and oxygen atoms in total. The molecule has 2 atom stereocenters. The fraction of sp³-hybridized carbons (Fsp3) is 0.300. The smallest absolute Gasteiger partial charge is 0.416 e. The quantitative estimate of drug-likeness (QED) is 0.149. The molecule has 1 aliphatic rings. The summed E-state index contributed by atoms with van der Waals surface area (Å²) in [6.07, 6.45) is -3.07. The molecule has 0 bridgehead atoms. The molecule has 4 aromatic rings. The van der Waals surface area contributed by atoms with Crippen LogP contribution in [0.15, 0.2) is 103 Å². The van der Waals surface area contributed by atoms with Crippen LogP contribution in [-0.4, -0.2) is 57.1 Å². The van der Waals surface area contributed by atoms with Crippen LogP contribution in [0.1, 0.15) is 53.1 Å². The van der Waals surface area contributed by atoms with Crippen molar-refractivity contribution in [2.45, 2.75) is 43.8 Å². The summed E-state index contributed by atoms with van der Waals surface area (Å²) in [7, 11) is 2.49. The summed E-state index contributed by atoms with van der Waals surface area (Å²) in [5.74, 6) is -2.40. The lowest BCUT2D eigenvalue weighted by molar-refractivity contribution is -0.146. The number of carbonyl (C=O) groups is 4. The van der Waals surface area contributed by atoms with Crippen molar-refractivity contribution in [2.75, 3.05) is 37.5 Å². The lowest BCUT2D eigenvalue weighted by atomic mass is 9.79. The minimum absolute atomic E-state index is 0.0270. The van der Waals surface area contributed by atoms with Crippen molar-refractivity contribution < 1.29 is 41.8 Å². The molecule has 2 amide bonds. The normalized spacial score (nSPS) is 14.5. The zero-order valence-electron chi connectivity index (χ0n) is 28.8. The molecule has 1 heterocycles. The number of hydrogen-bond acceptors (Lipinski definition) is 7. The number of esters is 2. The highest BCUT2D eigenvalue weighted by atomic mass is 19.4. The average molecular weight is 716 g/mol. The molecule has 0 saturated carbocycles. The molecule has 0 spiro atoms. The van der Waals surface area contributed by atoms with Gasteiger partial charge in [-0.05, 0) is 84.3 Å². The van der Waals surface area contributed by atoms with Crippen LogP contribution in [0.5, 0.6) is 0 Å². The summed E-state index contributed by atoms with van der Waals surface area (Å²) >= 11 is 0. The van der Waals surface area contributed by atoms with E-state index in [1.54, 1.807) is 36.4 Å². The second-order valence-electron chi connectivity index (χ2n) is 12.5. The maximum atomic E-state index is 13.8. The predicted molar refractivity (Wildman–Crippen MR) is 191 cm³/mol. The highest BCUT2D eigenvalue weighted by molar-refractivity contribution is 6.08. The Hall–Kier alpha value is -5.65. The van der Waals surface area contributed by atoms with Gasteiger partial charge in [-0.15, -0.1) is 0 Å². The summed E-state index contributed by atoms with van der Waals surface area (Å²) < 4.78 is 48.8. The van der Waals surface area contributed by atoms with E-state index in [-0.39, 0.29) is 24.7 Å². The molecular formula is C40H40F3N3O6. The number of carbonyl (C=O) groups excluding carboxylic acids is 4. The first-order chi connectivity index (χ1) is 25.0. The number of piperidine rings is 1. The second-order valence-corrected chi connectivity index (χ2v) is 12.5. The topological polar surface area (TPSA) is 114 Å². The minimum Gasteiger partial charge on any atom is -0.469 e. The van der Waals surface area contributed by atoms with Gasteiger partial charge in [-0.25, -0.2) is 4.79 Å². The van der Waals surface area contributed by atoms with Gasteiger partial charge >= 0.3 is 18.1 Å². The van der Waals surface area contributed by atoms with Crippen LogP contribution < -0.4 is 15.5 Å². The number of methoxy groups -OCH3 is 2. The van der Waals surface area contributed by atoms with Crippen molar-refractivity contribution in [1.82, 2.24) is 5.32 Å². The summed E-state index contributed by atoms with van der Waals surface area (Å²) in [5.41, 5.74) is 2.89. The van der Waals surface area contributed by atoms with Gasteiger partial charge in [-0.2, -0.15) is 13.2 Å². The van der Waals surface area contributed by atoms with Gasteiger partial charge in [0.15, 0.2) is 0 Å². The van der Waals surface area contributed by atoms with Gasteiger partial charge in [0.1, 0.15) is 6.04 Å². The highest BCUT2D eigenvalue weighted by Gasteiger charge is 2.35. The van der Waals surface area contributed by atoms with E-state index in [9.17, 15) is 32.3 Å². The van der Waals surface area contributed by atoms with Crippen LogP contribution in [0.3, 0.4) is 0 Å². The Labute approximate surface area is 300 Å². The number of halogens is 3. The van der Waals surface area contributed by atoms with Crippen LogP contribution in [0.25, 0.3) is 11.1 Å². The largest absolute Gasteiger partial charge is 0.469 e. The Morgan fingerprint density at radius 2 is 1.44 bits per heavy atom. The Morgan fingerprint density at radius 3 is 2.06 bits per heavy atom. The van der Waals surface area contributed by atoms with Crippen molar-refractivity contribution in [3.63, 3.8) is 0 Å². The van der Waals surface area contributed by atoms with Crippen molar-refractivity contribution in [2.24, 2.45) is 5.92 Å². The third kappa shape index (κ3) is 9.36. The predicted octanol–water partition coefficient (Wildman–Crippen LogP) is 7.24. The third-order valence-electron chi connectivity index (χ3n) is 9.30. The molecule has 5 rings (SSSR count). The molecular weight excluding hydrogens is 675 g/mol. The molecule has 0 radical (unpaired) electrons. The first-order valence-electron chi connectivity index (χ1n) is 16.9. The standard InChI is InChI=1S/C40H40F3N3O6/c1-51-35(47)21-20-34(39(50)52-2)45-38(49)36(27-8-4-3-5-9-27)28-22-24-46(25-23-28)31-18-16-30(17-19-31)44-37(48)33-11-7-6-10-32(33)26-12-14-29(15-13-26)40(41,42)43/h3-19,28,34,36H,20-25H2,1-2H3,(H,44,48)(H,45,49). The molecule has 0 aliphatic carbocycles.